The number of ketones is 1. The molecule has 1 aromatic carbocycles. The summed E-state index contributed by atoms with van der Waals surface area (Å²) in [5.74, 6) is 0.123. The Bertz CT molecular complexity index is 386. The van der Waals surface area contributed by atoms with Gasteiger partial charge < -0.3 is 0 Å². The Morgan fingerprint density at radius 2 is 1.93 bits per heavy atom. The predicted molar refractivity (Wildman–Crippen MR) is 68.8 cm³/mol. The van der Waals surface area contributed by atoms with Crippen molar-refractivity contribution in [3.63, 3.8) is 0 Å². The Labute approximate surface area is 92.8 Å². The molecule has 1 aromatic rings. The van der Waals surface area contributed by atoms with E-state index in [1.54, 1.807) is 6.92 Å². The van der Waals surface area contributed by atoms with Gasteiger partial charge in [0.15, 0.2) is 5.78 Å². The van der Waals surface area contributed by atoms with Crippen molar-refractivity contribution in [1.82, 2.24) is 0 Å². The quantitative estimate of drug-likeness (QED) is 0.557. The fourth-order valence-corrected chi connectivity index (χ4v) is 1.90. The Hall–Kier alpha value is -1.15. The van der Waals surface area contributed by atoms with Crippen molar-refractivity contribution < 1.29 is 4.79 Å². The van der Waals surface area contributed by atoms with E-state index in [1.807, 2.05) is 24.3 Å². The molecule has 0 radical (unpaired) electrons. The van der Waals surface area contributed by atoms with Crippen LogP contribution < -0.4 is 0 Å². The highest BCUT2D eigenvalue weighted by molar-refractivity contribution is 6.81. The first-order chi connectivity index (χ1) is 6.88. The Kier molecular flexibility index (Phi) is 3.64. The molecule has 15 heavy (non-hydrogen) atoms. The lowest BCUT2D eigenvalue weighted by Gasteiger charge is -2.08. The van der Waals surface area contributed by atoms with Gasteiger partial charge in [-0.2, -0.15) is 0 Å². The average Bonchev–Trinajstić information content (AvgIpc) is 2.14. The van der Waals surface area contributed by atoms with E-state index in [2.05, 4.69) is 31.4 Å². The van der Waals surface area contributed by atoms with E-state index in [4.69, 9.17) is 0 Å². The van der Waals surface area contributed by atoms with Crippen LogP contribution in [0.1, 0.15) is 22.8 Å². The molecule has 1 rings (SSSR count). The second kappa shape index (κ2) is 4.58. The van der Waals surface area contributed by atoms with E-state index in [1.165, 1.54) is 0 Å². The van der Waals surface area contributed by atoms with Gasteiger partial charge in [-0.15, -0.1) is 0 Å². The summed E-state index contributed by atoms with van der Waals surface area (Å²) in [6, 6.07) is 7.76. The molecule has 0 aliphatic rings. The van der Waals surface area contributed by atoms with Gasteiger partial charge in [-0.25, -0.2) is 0 Å². The van der Waals surface area contributed by atoms with Crippen molar-refractivity contribution in [3.8, 4) is 0 Å². The van der Waals surface area contributed by atoms with E-state index in [0.717, 1.165) is 11.1 Å². The second-order valence-electron chi connectivity index (χ2n) is 4.88. The highest BCUT2D eigenvalue weighted by Crippen LogP contribution is 2.10. The molecule has 0 bridgehead atoms. The van der Waals surface area contributed by atoms with E-state index >= 15 is 0 Å². The number of Topliss-reactive ketones (excluding diaryl/α,β-unsaturated/α-hetero) is 1. The van der Waals surface area contributed by atoms with Crippen LogP contribution >= 0.6 is 0 Å². The molecule has 0 amide bonds. The van der Waals surface area contributed by atoms with Crippen LogP contribution in [0.25, 0.3) is 6.08 Å². The van der Waals surface area contributed by atoms with Crippen molar-refractivity contribution in [1.29, 1.82) is 0 Å². The number of benzene rings is 1. The third kappa shape index (κ3) is 4.26. The molecule has 0 aromatic heterocycles. The Balaban J connectivity index is 2.92. The number of hydrogen-bond donors (Lipinski definition) is 0. The standard InChI is InChI=1S/C13H18OSi/c1-11(14)13-7-5-6-12(10-13)8-9-15(2,3)4/h5-10H,1-4H3/b9-8+. The molecule has 0 aliphatic carbocycles. The van der Waals surface area contributed by atoms with Crippen LogP contribution in [-0.2, 0) is 0 Å². The topological polar surface area (TPSA) is 17.1 Å². The molecule has 0 N–H and O–H groups in total. The van der Waals surface area contributed by atoms with Gasteiger partial charge in [0, 0.05) is 5.56 Å². The Morgan fingerprint density at radius 1 is 1.27 bits per heavy atom. The summed E-state index contributed by atoms with van der Waals surface area (Å²) in [7, 11) is -1.15. The lowest BCUT2D eigenvalue weighted by Crippen LogP contribution is -2.15. The second-order valence-corrected chi connectivity index (χ2v) is 9.95. The van der Waals surface area contributed by atoms with Crippen LogP contribution in [0.15, 0.2) is 30.0 Å². The lowest BCUT2D eigenvalue weighted by atomic mass is 10.1. The maximum Gasteiger partial charge on any atom is 0.159 e. The van der Waals surface area contributed by atoms with Crippen molar-refractivity contribution in [3.05, 3.63) is 41.1 Å². The van der Waals surface area contributed by atoms with Gasteiger partial charge in [0.1, 0.15) is 0 Å². The van der Waals surface area contributed by atoms with E-state index in [9.17, 15) is 4.79 Å². The van der Waals surface area contributed by atoms with Crippen molar-refractivity contribution >= 4 is 19.9 Å². The summed E-state index contributed by atoms with van der Waals surface area (Å²) >= 11 is 0. The van der Waals surface area contributed by atoms with Crippen molar-refractivity contribution in [2.75, 3.05) is 0 Å². The van der Waals surface area contributed by atoms with Crippen LogP contribution in [0.2, 0.25) is 19.6 Å². The zero-order valence-electron chi connectivity index (χ0n) is 9.87. The number of hydrogen-bond acceptors (Lipinski definition) is 1. The fraction of sp³-hybridized carbons (Fsp3) is 0.308. The lowest BCUT2D eigenvalue weighted by molar-refractivity contribution is 0.101. The average molecular weight is 218 g/mol. The smallest absolute Gasteiger partial charge is 0.159 e. The number of rotatable bonds is 3. The van der Waals surface area contributed by atoms with Crippen molar-refractivity contribution in [2.45, 2.75) is 26.6 Å². The van der Waals surface area contributed by atoms with Gasteiger partial charge in [0.2, 0.25) is 0 Å². The van der Waals surface area contributed by atoms with Gasteiger partial charge in [0.25, 0.3) is 0 Å². The van der Waals surface area contributed by atoms with Gasteiger partial charge in [-0.3, -0.25) is 4.79 Å². The van der Waals surface area contributed by atoms with Gasteiger partial charge in [-0.05, 0) is 18.6 Å². The fourth-order valence-electron chi connectivity index (χ4n) is 1.21. The first-order valence-corrected chi connectivity index (χ1v) is 8.76. The summed E-state index contributed by atoms with van der Waals surface area (Å²) in [4.78, 5) is 11.2. The van der Waals surface area contributed by atoms with Crippen LogP contribution in [-0.4, -0.2) is 13.9 Å². The zero-order valence-corrected chi connectivity index (χ0v) is 10.9. The van der Waals surface area contributed by atoms with Crippen LogP contribution in [0, 0.1) is 0 Å². The molecule has 1 nitrogen and oxygen atoms in total. The Morgan fingerprint density at radius 3 is 2.47 bits per heavy atom. The number of carbonyl (C=O) groups excluding carboxylic acids is 1. The molecule has 0 saturated carbocycles. The van der Waals surface area contributed by atoms with Gasteiger partial charge >= 0.3 is 0 Å². The highest BCUT2D eigenvalue weighted by atomic mass is 28.3. The molecule has 2 heteroatoms. The maximum atomic E-state index is 11.2. The molecule has 0 heterocycles. The van der Waals surface area contributed by atoms with Crippen LogP contribution in [0.3, 0.4) is 0 Å². The zero-order chi connectivity index (χ0) is 11.5. The summed E-state index contributed by atoms with van der Waals surface area (Å²) in [6.45, 7) is 8.47. The summed E-state index contributed by atoms with van der Waals surface area (Å²) in [6.07, 6.45) is 2.12. The van der Waals surface area contributed by atoms with Gasteiger partial charge in [0.05, 0.1) is 8.07 Å². The predicted octanol–water partition coefficient (Wildman–Crippen LogP) is 3.78. The molecular weight excluding hydrogens is 200 g/mol. The minimum absolute atomic E-state index is 0.123. The molecule has 80 valence electrons. The third-order valence-corrected chi connectivity index (χ3v) is 3.24. The molecule has 0 unspecified atom stereocenters. The van der Waals surface area contributed by atoms with Crippen LogP contribution in [0.5, 0.6) is 0 Å². The molecule has 0 atom stereocenters. The monoisotopic (exact) mass is 218 g/mol. The van der Waals surface area contributed by atoms with Crippen LogP contribution in [0.4, 0.5) is 0 Å². The SMILES string of the molecule is CC(=O)c1cccc(/C=C/[Si](C)(C)C)c1. The molecule has 0 spiro atoms. The molecule has 0 fully saturated rings. The first-order valence-electron chi connectivity index (χ1n) is 5.19. The molecule has 0 aliphatic heterocycles. The van der Waals surface area contributed by atoms with E-state index in [0.29, 0.717) is 0 Å². The summed E-state index contributed by atoms with van der Waals surface area (Å²) in [5, 5.41) is 0. The molecular formula is C13H18OSi. The minimum atomic E-state index is -1.15. The van der Waals surface area contributed by atoms with Crippen molar-refractivity contribution in [2.24, 2.45) is 0 Å². The highest BCUT2D eigenvalue weighted by Gasteiger charge is 2.06. The van der Waals surface area contributed by atoms with E-state index < -0.39 is 8.07 Å². The molecule has 0 saturated heterocycles. The minimum Gasteiger partial charge on any atom is -0.295 e. The first kappa shape index (κ1) is 11.9. The third-order valence-electron chi connectivity index (χ3n) is 2.07. The maximum absolute atomic E-state index is 11.2. The largest absolute Gasteiger partial charge is 0.295 e. The summed E-state index contributed by atoms with van der Waals surface area (Å²) in [5.41, 5.74) is 4.18. The van der Waals surface area contributed by atoms with E-state index in [-0.39, 0.29) is 5.78 Å². The normalized spacial score (nSPS) is 12.0. The van der Waals surface area contributed by atoms with Gasteiger partial charge in [-0.1, -0.05) is 49.6 Å². The number of carbonyl (C=O) groups is 1. The summed E-state index contributed by atoms with van der Waals surface area (Å²) < 4.78 is 0.